The quantitative estimate of drug-likeness (QED) is 0.867. The molecule has 0 aliphatic carbocycles. The molecule has 1 heterocycles. The number of anilines is 1. The van der Waals surface area contributed by atoms with Gasteiger partial charge in [0.1, 0.15) is 5.75 Å². The third-order valence-electron chi connectivity index (χ3n) is 3.24. The van der Waals surface area contributed by atoms with Crippen LogP contribution in [0.5, 0.6) is 5.75 Å². The monoisotopic (exact) mass is 232 g/mol. The molecule has 0 bridgehead atoms. The van der Waals surface area contributed by atoms with Crippen LogP contribution in [-0.2, 0) is 6.42 Å². The van der Waals surface area contributed by atoms with Gasteiger partial charge >= 0.3 is 0 Å². The van der Waals surface area contributed by atoms with Crippen LogP contribution in [0.1, 0.15) is 17.5 Å². The maximum Gasteiger partial charge on any atom is 0.131 e. The highest BCUT2D eigenvalue weighted by Gasteiger charge is 2.19. The van der Waals surface area contributed by atoms with Gasteiger partial charge in [0.15, 0.2) is 0 Å². The van der Waals surface area contributed by atoms with Gasteiger partial charge in [0.05, 0.1) is 7.11 Å². The van der Waals surface area contributed by atoms with Gasteiger partial charge < -0.3 is 15.4 Å². The average Bonchev–Trinajstić information content (AvgIpc) is 2.36. The highest BCUT2D eigenvalue weighted by atomic mass is 16.5. The van der Waals surface area contributed by atoms with Gasteiger partial charge in [-0.3, -0.25) is 0 Å². The van der Waals surface area contributed by atoms with E-state index < -0.39 is 0 Å². The zero-order valence-corrected chi connectivity index (χ0v) is 10.6. The van der Waals surface area contributed by atoms with Crippen molar-refractivity contribution in [2.45, 2.75) is 12.8 Å². The summed E-state index contributed by atoms with van der Waals surface area (Å²) >= 11 is 0. The van der Waals surface area contributed by atoms with Crippen LogP contribution in [-0.4, -0.2) is 27.2 Å². The number of nitrogens with zero attached hydrogens (tertiary/aromatic N) is 1. The molecular formula is C14H20N2O. The smallest absolute Gasteiger partial charge is 0.131 e. The summed E-state index contributed by atoms with van der Waals surface area (Å²) in [6.07, 6.45) is 6.27. The fourth-order valence-electron chi connectivity index (χ4n) is 2.42. The average molecular weight is 232 g/mol. The van der Waals surface area contributed by atoms with Crippen LogP contribution in [0.15, 0.2) is 18.2 Å². The Balaban J connectivity index is 2.47. The van der Waals surface area contributed by atoms with Crippen molar-refractivity contribution in [2.75, 3.05) is 32.1 Å². The second-order valence-electron chi connectivity index (χ2n) is 4.35. The summed E-state index contributed by atoms with van der Waals surface area (Å²) in [7, 11) is 3.87. The van der Waals surface area contributed by atoms with Gasteiger partial charge in [-0.25, -0.2) is 0 Å². The molecule has 0 amide bonds. The summed E-state index contributed by atoms with van der Waals surface area (Å²) in [6, 6.07) is 4.28. The zero-order valence-electron chi connectivity index (χ0n) is 10.6. The molecule has 0 atom stereocenters. The van der Waals surface area contributed by atoms with Crippen molar-refractivity contribution in [3.05, 3.63) is 29.3 Å². The molecule has 0 saturated carbocycles. The number of benzene rings is 1. The van der Waals surface area contributed by atoms with Crippen LogP contribution in [0.3, 0.4) is 0 Å². The number of nitrogens with two attached hydrogens (primary N) is 1. The Morgan fingerprint density at radius 1 is 1.47 bits per heavy atom. The van der Waals surface area contributed by atoms with Gasteiger partial charge in [-0.1, -0.05) is 12.2 Å². The van der Waals surface area contributed by atoms with E-state index in [-0.39, 0.29) is 0 Å². The molecule has 0 saturated heterocycles. The fraction of sp³-hybridized carbons (Fsp3) is 0.429. The lowest BCUT2D eigenvalue weighted by Gasteiger charge is -2.29. The largest absolute Gasteiger partial charge is 0.496 e. The Hall–Kier alpha value is -1.48. The number of hydrogen-bond acceptors (Lipinski definition) is 3. The van der Waals surface area contributed by atoms with Gasteiger partial charge in [0.25, 0.3) is 0 Å². The summed E-state index contributed by atoms with van der Waals surface area (Å²) < 4.78 is 5.57. The first-order valence-electron chi connectivity index (χ1n) is 6.05. The van der Waals surface area contributed by atoms with E-state index in [1.165, 1.54) is 17.7 Å². The molecule has 2 N–H and O–H groups in total. The lowest BCUT2D eigenvalue weighted by atomic mass is 9.97. The van der Waals surface area contributed by atoms with E-state index in [2.05, 4.69) is 24.1 Å². The first-order valence-corrected chi connectivity index (χ1v) is 6.05. The lowest BCUT2D eigenvalue weighted by Crippen LogP contribution is -2.25. The molecule has 3 heteroatoms. The maximum absolute atomic E-state index is 5.57. The van der Waals surface area contributed by atoms with Gasteiger partial charge in [0.2, 0.25) is 0 Å². The minimum Gasteiger partial charge on any atom is -0.496 e. The van der Waals surface area contributed by atoms with Crippen LogP contribution in [0.4, 0.5) is 5.69 Å². The minimum atomic E-state index is 0.556. The van der Waals surface area contributed by atoms with E-state index in [0.29, 0.717) is 6.54 Å². The lowest BCUT2D eigenvalue weighted by molar-refractivity contribution is 0.407. The van der Waals surface area contributed by atoms with Gasteiger partial charge in [0, 0.05) is 37.0 Å². The fourth-order valence-corrected chi connectivity index (χ4v) is 2.42. The number of hydrogen-bond donors (Lipinski definition) is 1. The molecule has 1 aromatic carbocycles. The maximum atomic E-state index is 5.57. The summed E-state index contributed by atoms with van der Waals surface area (Å²) in [5.41, 5.74) is 9.22. The van der Waals surface area contributed by atoms with Crippen molar-refractivity contribution in [3.8, 4) is 5.75 Å². The Kier molecular flexibility index (Phi) is 3.69. The van der Waals surface area contributed by atoms with Gasteiger partial charge in [-0.15, -0.1) is 0 Å². The number of methoxy groups -OCH3 is 1. The SMILES string of the molecule is COc1c(/C=C/CN)ccc2c1CCCN2C. The second kappa shape index (κ2) is 5.23. The van der Waals surface area contributed by atoms with Crippen LogP contribution in [0, 0.1) is 0 Å². The van der Waals surface area contributed by atoms with Crippen LogP contribution in [0.25, 0.3) is 6.08 Å². The van der Waals surface area contributed by atoms with Gasteiger partial charge in [-0.05, 0) is 25.0 Å². The molecule has 0 radical (unpaired) electrons. The third kappa shape index (κ3) is 2.29. The Morgan fingerprint density at radius 2 is 2.29 bits per heavy atom. The van der Waals surface area contributed by atoms with E-state index in [4.69, 9.17) is 10.5 Å². The molecular weight excluding hydrogens is 212 g/mol. The zero-order chi connectivity index (χ0) is 12.3. The predicted octanol–water partition coefficient (Wildman–Crippen LogP) is 2.05. The van der Waals surface area contributed by atoms with Crippen LogP contribution in [0.2, 0.25) is 0 Å². The summed E-state index contributed by atoms with van der Waals surface area (Å²) in [5.74, 6) is 0.999. The van der Waals surface area contributed by atoms with E-state index >= 15 is 0 Å². The Bertz CT molecular complexity index is 426. The molecule has 2 rings (SSSR count). The highest BCUT2D eigenvalue weighted by molar-refractivity contribution is 5.69. The molecule has 92 valence electrons. The molecule has 0 spiro atoms. The van der Waals surface area contributed by atoms with Crippen molar-refractivity contribution in [1.82, 2.24) is 0 Å². The normalized spacial score (nSPS) is 15.1. The van der Waals surface area contributed by atoms with Gasteiger partial charge in [-0.2, -0.15) is 0 Å². The third-order valence-corrected chi connectivity index (χ3v) is 3.24. The second-order valence-corrected chi connectivity index (χ2v) is 4.35. The van der Waals surface area contributed by atoms with Crippen molar-refractivity contribution in [2.24, 2.45) is 5.73 Å². The predicted molar refractivity (Wildman–Crippen MR) is 72.7 cm³/mol. The van der Waals surface area contributed by atoms with Crippen molar-refractivity contribution in [3.63, 3.8) is 0 Å². The summed E-state index contributed by atoms with van der Waals surface area (Å²) in [6.45, 7) is 1.67. The number of fused-ring (bicyclic) bond motifs is 1. The first kappa shape index (κ1) is 12.0. The number of rotatable bonds is 3. The molecule has 1 aliphatic heterocycles. The number of ether oxygens (including phenoxy) is 1. The van der Waals surface area contributed by atoms with Crippen molar-refractivity contribution in [1.29, 1.82) is 0 Å². The topological polar surface area (TPSA) is 38.5 Å². The Morgan fingerprint density at radius 3 is 3.00 bits per heavy atom. The molecule has 0 unspecified atom stereocenters. The van der Waals surface area contributed by atoms with E-state index in [1.807, 2.05) is 12.2 Å². The molecule has 3 nitrogen and oxygen atoms in total. The molecule has 1 aliphatic rings. The van der Waals surface area contributed by atoms with E-state index in [1.54, 1.807) is 7.11 Å². The molecule has 17 heavy (non-hydrogen) atoms. The summed E-state index contributed by atoms with van der Waals surface area (Å²) in [4.78, 5) is 2.29. The van der Waals surface area contributed by atoms with E-state index in [0.717, 1.165) is 24.3 Å². The summed E-state index contributed by atoms with van der Waals surface area (Å²) in [5, 5.41) is 0. The van der Waals surface area contributed by atoms with Crippen molar-refractivity contribution < 1.29 is 4.74 Å². The minimum absolute atomic E-state index is 0.556. The van der Waals surface area contributed by atoms with Crippen LogP contribution < -0.4 is 15.4 Å². The van der Waals surface area contributed by atoms with Crippen LogP contribution >= 0.6 is 0 Å². The highest BCUT2D eigenvalue weighted by Crippen LogP contribution is 2.36. The molecule has 0 fully saturated rings. The first-order chi connectivity index (χ1) is 8.27. The standard InChI is InChI=1S/C14H20N2O/c1-16-10-4-6-12-13(16)8-7-11(5-3-9-15)14(12)17-2/h3,5,7-8H,4,6,9-10,15H2,1-2H3/b5-3+. The van der Waals surface area contributed by atoms with Crippen molar-refractivity contribution >= 4 is 11.8 Å². The van der Waals surface area contributed by atoms with E-state index in [9.17, 15) is 0 Å². The Labute approximate surface area is 103 Å². The molecule has 1 aromatic rings. The molecule has 0 aromatic heterocycles.